The molecule has 0 atom stereocenters. The highest BCUT2D eigenvalue weighted by molar-refractivity contribution is 7.99. The van der Waals surface area contributed by atoms with E-state index in [1.54, 1.807) is 12.3 Å². The smallest absolute Gasteiger partial charge is 0.194 e. The first-order valence-corrected chi connectivity index (χ1v) is 5.53. The molecule has 0 saturated heterocycles. The van der Waals surface area contributed by atoms with Crippen molar-refractivity contribution in [1.82, 2.24) is 15.0 Å². The van der Waals surface area contributed by atoms with Crippen LogP contribution in [0.15, 0.2) is 40.6 Å². The van der Waals surface area contributed by atoms with Crippen LogP contribution in [0.2, 0.25) is 5.15 Å². The zero-order chi connectivity index (χ0) is 10.7. The van der Waals surface area contributed by atoms with Crippen LogP contribution in [0.1, 0.15) is 5.69 Å². The van der Waals surface area contributed by atoms with E-state index in [-0.39, 0.29) is 0 Å². The lowest BCUT2D eigenvalue weighted by Crippen LogP contribution is -1.89. The molecule has 0 fully saturated rings. The zero-order valence-corrected chi connectivity index (χ0v) is 9.59. The number of aryl methyl sites for hydroxylation is 1. The minimum Gasteiger partial charge on any atom is -0.231 e. The van der Waals surface area contributed by atoms with Crippen LogP contribution in [0.5, 0.6) is 0 Å². The lowest BCUT2D eigenvalue weighted by atomic mass is 10.5. The summed E-state index contributed by atoms with van der Waals surface area (Å²) in [6, 6.07) is 7.33. The van der Waals surface area contributed by atoms with Gasteiger partial charge in [0.15, 0.2) is 5.16 Å². The maximum Gasteiger partial charge on any atom is 0.194 e. The summed E-state index contributed by atoms with van der Waals surface area (Å²) in [5.41, 5.74) is 0.939. The fourth-order valence-corrected chi connectivity index (χ4v) is 2.01. The van der Waals surface area contributed by atoms with E-state index in [1.165, 1.54) is 11.8 Å². The molecule has 3 nitrogen and oxygen atoms in total. The van der Waals surface area contributed by atoms with E-state index in [4.69, 9.17) is 11.6 Å². The van der Waals surface area contributed by atoms with Gasteiger partial charge in [-0.3, -0.25) is 0 Å². The predicted molar refractivity (Wildman–Crippen MR) is 60.1 cm³/mol. The molecule has 15 heavy (non-hydrogen) atoms. The number of halogens is 1. The third-order valence-electron chi connectivity index (χ3n) is 1.66. The van der Waals surface area contributed by atoms with Crippen LogP contribution in [-0.4, -0.2) is 15.0 Å². The molecular formula is C10H8ClN3S. The maximum absolute atomic E-state index is 5.78. The molecule has 0 aliphatic heterocycles. The van der Waals surface area contributed by atoms with Crippen LogP contribution in [0.25, 0.3) is 0 Å². The van der Waals surface area contributed by atoms with Crippen LogP contribution < -0.4 is 0 Å². The molecule has 5 heteroatoms. The van der Waals surface area contributed by atoms with Crippen LogP contribution >= 0.6 is 23.4 Å². The van der Waals surface area contributed by atoms with Gasteiger partial charge in [0.05, 0.1) is 0 Å². The second-order valence-corrected chi connectivity index (χ2v) is 4.26. The standard InChI is InChI=1S/C10H8ClN3S/c1-7-5-6-12-10(13-7)15-9-4-2-3-8(11)14-9/h2-6H,1H3. The summed E-state index contributed by atoms with van der Waals surface area (Å²) < 4.78 is 0. The van der Waals surface area contributed by atoms with Crippen molar-refractivity contribution in [3.63, 3.8) is 0 Å². The molecule has 0 amide bonds. The van der Waals surface area contributed by atoms with Gasteiger partial charge in [0, 0.05) is 11.9 Å². The SMILES string of the molecule is Cc1ccnc(Sc2cccc(Cl)n2)n1. The quantitative estimate of drug-likeness (QED) is 0.595. The minimum absolute atomic E-state index is 0.479. The molecule has 2 aromatic heterocycles. The first-order chi connectivity index (χ1) is 7.24. The molecule has 2 heterocycles. The van der Waals surface area contributed by atoms with Crippen molar-refractivity contribution in [2.45, 2.75) is 17.1 Å². The Morgan fingerprint density at radius 1 is 1.20 bits per heavy atom. The van der Waals surface area contributed by atoms with E-state index in [1.807, 2.05) is 25.1 Å². The fraction of sp³-hybridized carbons (Fsp3) is 0.100. The van der Waals surface area contributed by atoms with Crippen molar-refractivity contribution in [3.8, 4) is 0 Å². The fourth-order valence-electron chi connectivity index (χ4n) is 1.02. The van der Waals surface area contributed by atoms with Gasteiger partial charge in [-0.05, 0) is 36.9 Å². The van der Waals surface area contributed by atoms with Gasteiger partial charge in [0.25, 0.3) is 0 Å². The highest BCUT2D eigenvalue weighted by Gasteiger charge is 2.02. The number of hydrogen-bond donors (Lipinski definition) is 0. The van der Waals surface area contributed by atoms with E-state index in [0.29, 0.717) is 10.3 Å². The Hall–Kier alpha value is -1.13. The molecule has 0 aliphatic rings. The summed E-state index contributed by atoms with van der Waals surface area (Å²) >= 11 is 7.18. The number of pyridine rings is 1. The van der Waals surface area contributed by atoms with E-state index < -0.39 is 0 Å². The van der Waals surface area contributed by atoms with Gasteiger partial charge in [0.2, 0.25) is 0 Å². The molecule has 0 saturated carbocycles. The van der Waals surface area contributed by atoms with Crippen molar-refractivity contribution in [2.75, 3.05) is 0 Å². The summed E-state index contributed by atoms with van der Waals surface area (Å²) in [5, 5.41) is 1.96. The van der Waals surface area contributed by atoms with Gasteiger partial charge in [-0.25, -0.2) is 15.0 Å². The average Bonchev–Trinajstić information content (AvgIpc) is 2.17. The Bertz CT molecular complexity index is 432. The summed E-state index contributed by atoms with van der Waals surface area (Å²) in [4.78, 5) is 12.5. The Labute approximate surface area is 96.9 Å². The molecule has 2 aromatic rings. The second-order valence-electron chi connectivity index (χ2n) is 2.88. The van der Waals surface area contributed by atoms with E-state index in [2.05, 4.69) is 15.0 Å². The maximum atomic E-state index is 5.78. The van der Waals surface area contributed by atoms with Gasteiger partial charge in [-0.15, -0.1) is 0 Å². The lowest BCUT2D eigenvalue weighted by molar-refractivity contribution is 0.928. The molecule has 76 valence electrons. The highest BCUT2D eigenvalue weighted by atomic mass is 35.5. The van der Waals surface area contributed by atoms with Crippen molar-refractivity contribution < 1.29 is 0 Å². The first-order valence-electron chi connectivity index (χ1n) is 4.34. The van der Waals surface area contributed by atoms with Crippen molar-refractivity contribution in [2.24, 2.45) is 0 Å². The molecule has 0 aromatic carbocycles. The van der Waals surface area contributed by atoms with E-state index >= 15 is 0 Å². The third-order valence-corrected chi connectivity index (χ3v) is 2.68. The van der Waals surface area contributed by atoms with Crippen LogP contribution in [-0.2, 0) is 0 Å². The predicted octanol–water partition coefficient (Wildman–Crippen LogP) is 2.98. The minimum atomic E-state index is 0.479. The molecular weight excluding hydrogens is 230 g/mol. The Morgan fingerprint density at radius 2 is 2.07 bits per heavy atom. The second kappa shape index (κ2) is 4.59. The number of hydrogen-bond acceptors (Lipinski definition) is 4. The Kier molecular flexibility index (Phi) is 3.18. The summed E-state index contributed by atoms with van der Waals surface area (Å²) in [5.74, 6) is 0. The summed E-state index contributed by atoms with van der Waals surface area (Å²) in [6.45, 7) is 1.93. The molecule has 0 radical (unpaired) electrons. The molecule has 0 bridgehead atoms. The van der Waals surface area contributed by atoms with Gasteiger partial charge in [-0.2, -0.15) is 0 Å². The number of rotatable bonds is 2. The van der Waals surface area contributed by atoms with Crippen molar-refractivity contribution >= 4 is 23.4 Å². The van der Waals surface area contributed by atoms with Gasteiger partial charge in [0.1, 0.15) is 10.2 Å². The highest BCUT2D eigenvalue weighted by Crippen LogP contribution is 2.23. The van der Waals surface area contributed by atoms with Crippen LogP contribution in [0.4, 0.5) is 0 Å². The average molecular weight is 238 g/mol. The zero-order valence-electron chi connectivity index (χ0n) is 8.01. The monoisotopic (exact) mass is 237 g/mol. The molecule has 0 spiro atoms. The first kappa shape index (κ1) is 10.4. The van der Waals surface area contributed by atoms with Crippen LogP contribution in [0, 0.1) is 6.92 Å². The van der Waals surface area contributed by atoms with Gasteiger partial charge in [-0.1, -0.05) is 17.7 Å². The number of aromatic nitrogens is 3. The van der Waals surface area contributed by atoms with Crippen molar-refractivity contribution in [1.29, 1.82) is 0 Å². The summed E-state index contributed by atoms with van der Waals surface area (Å²) in [6.07, 6.45) is 1.73. The van der Waals surface area contributed by atoms with Crippen molar-refractivity contribution in [3.05, 3.63) is 41.3 Å². The van der Waals surface area contributed by atoms with E-state index in [9.17, 15) is 0 Å². The summed E-state index contributed by atoms with van der Waals surface area (Å²) in [7, 11) is 0. The van der Waals surface area contributed by atoms with Crippen LogP contribution in [0.3, 0.4) is 0 Å². The lowest BCUT2D eigenvalue weighted by Gasteiger charge is -1.99. The topological polar surface area (TPSA) is 38.7 Å². The Balaban J connectivity index is 2.22. The van der Waals surface area contributed by atoms with E-state index in [0.717, 1.165) is 10.7 Å². The molecule has 0 unspecified atom stereocenters. The largest absolute Gasteiger partial charge is 0.231 e. The normalized spacial score (nSPS) is 10.3. The molecule has 2 rings (SSSR count). The molecule has 0 aliphatic carbocycles. The molecule has 0 N–H and O–H groups in total. The Morgan fingerprint density at radius 3 is 2.80 bits per heavy atom. The third kappa shape index (κ3) is 2.91. The number of nitrogens with zero attached hydrogens (tertiary/aromatic N) is 3. The van der Waals surface area contributed by atoms with Gasteiger partial charge < -0.3 is 0 Å². The van der Waals surface area contributed by atoms with Gasteiger partial charge >= 0.3 is 0 Å².